The number of para-hydroxylation sites is 1. The fourth-order valence-corrected chi connectivity index (χ4v) is 2.34. The first-order chi connectivity index (χ1) is 11.4. The van der Waals surface area contributed by atoms with Crippen molar-refractivity contribution in [2.45, 2.75) is 13.0 Å². The van der Waals surface area contributed by atoms with E-state index in [-0.39, 0.29) is 5.02 Å². The minimum Gasteiger partial charge on any atom is -0.449 e. The van der Waals surface area contributed by atoms with Crippen LogP contribution in [0.5, 0.6) is 0 Å². The lowest BCUT2D eigenvalue weighted by Gasteiger charge is -2.15. The molecule has 0 aliphatic carbocycles. The van der Waals surface area contributed by atoms with E-state index in [4.69, 9.17) is 27.9 Å². The third-order valence-corrected chi connectivity index (χ3v) is 4.10. The van der Waals surface area contributed by atoms with Gasteiger partial charge in [0.1, 0.15) is 0 Å². The Hall–Kier alpha value is -2.24. The molecular formula is C17H16Cl2N2O3. The van der Waals surface area contributed by atoms with Gasteiger partial charge < -0.3 is 15.4 Å². The number of carbonyl (C=O) groups is 2. The summed E-state index contributed by atoms with van der Waals surface area (Å²) in [6.45, 7) is 1.48. The molecule has 0 fully saturated rings. The third kappa shape index (κ3) is 4.19. The van der Waals surface area contributed by atoms with Crippen LogP contribution in [0, 0.1) is 0 Å². The van der Waals surface area contributed by atoms with E-state index in [0.717, 1.165) is 0 Å². The van der Waals surface area contributed by atoms with Crippen molar-refractivity contribution in [3.05, 3.63) is 58.1 Å². The SMILES string of the molecule is CNc1ccccc1C(=O)O[C@H](C)C(=O)Nc1cccc(Cl)c1Cl. The van der Waals surface area contributed by atoms with Gasteiger partial charge in [-0.25, -0.2) is 4.79 Å². The summed E-state index contributed by atoms with van der Waals surface area (Å²) in [4.78, 5) is 24.4. The molecule has 2 rings (SSSR count). The van der Waals surface area contributed by atoms with Gasteiger partial charge in [-0.2, -0.15) is 0 Å². The summed E-state index contributed by atoms with van der Waals surface area (Å²) < 4.78 is 5.22. The minimum atomic E-state index is -1.00. The Kier molecular flexibility index (Phi) is 6.06. The van der Waals surface area contributed by atoms with Crippen molar-refractivity contribution in [3.63, 3.8) is 0 Å². The first-order valence-electron chi connectivity index (χ1n) is 7.16. The molecule has 0 unspecified atom stereocenters. The Balaban J connectivity index is 2.06. The number of hydrogen-bond donors (Lipinski definition) is 2. The van der Waals surface area contributed by atoms with Gasteiger partial charge in [-0.1, -0.05) is 41.4 Å². The molecular weight excluding hydrogens is 351 g/mol. The molecule has 24 heavy (non-hydrogen) atoms. The number of amides is 1. The molecule has 2 aromatic rings. The van der Waals surface area contributed by atoms with E-state index in [1.54, 1.807) is 49.5 Å². The van der Waals surface area contributed by atoms with Crippen molar-refractivity contribution in [1.29, 1.82) is 0 Å². The van der Waals surface area contributed by atoms with Crippen LogP contribution in [0.4, 0.5) is 11.4 Å². The van der Waals surface area contributed by atoms with E-state index in [1.165, 1.54) is 6.92 Å². The number of carbonyl (C=O) groups excluding carboxylic acids is 2. The summed E-state index contributed by atoms with van der Waals surface area (Å²) in [6.07, 6.45) is -1.00. The number of esters is 1. The maximum atomic E-state index is 12.2. The highest BCUT2D eigenvalue weighted by Gasteiger charge is 2.21. The Morgan fingerprint density at radius 1 is 1.04 bits per heavy atom. The molecule has 0 bridgehead atoms. The van der Waals surface area contributed by atoms with Gasteiger partial charge in [0.2, 0.25) is 0 Å². The zero-order valence-corrected chi connectivity index (χ0v) is 14.6. The van der Waals surface area contributed by atoms with Gasteiger partial charge in [-0.3, -0.25) is 4.79 Å². The lowest BCUT2D eigenvalue weighted by Crippen LogP contribution is -2.30. The molecule has 0 saturated heterocycles. The topological polar surface area (TPSA) is 67.4 Å². The van der Waals surface area contributed by atoms with Crippen LogP contribution in [0.25, 0.3) is 0 Å². The molecule has 0 heterocycles. The van der Waals surface area contributed by atoms with Crippen LogP contribution in [0.2, 0.25) is 10.0 Å². The summed E-state index contributed by atoms with van der Waals surface area (Å²) in [5, 5.41) is 6.04. The van der Waals surface area contributed by atoms with Crippen molar-refractivity contribution in [2.24, 2.45) is 0 Å². The molecule has 1 amide bonds. The lowest BCUT2D eigenvalue weighted by molar-refractivity contribution is -0.123. The van der Waals surface area contributed by atoms with E-state index in [0.29, 0.717) is 22.0 Å². The monoisotopic (exact) mass is 366 g/mol. The van der Waals surface area contributed by atoms with Gasteiger partial charge in [-0.15, -0.1) is 0 Å². The van der Waals surface area contributed by atoms with Gasteiger partial charge in [0.15, 0.2) is 6.10 Å². The maximum absolute atomic E-state index is 12.2. The van der Waals surface area contributed by atoms with E-state index in [2.05, 4.69) is 10.6 Å². The largest absolute Gasteiger partial charge is 0.449 e. The molecule has 0 spiro atoms. The second-order valence-corrected chi connectivity index (χ2v) is 5.72. The molecule has 2 N–H and O–H groups in total. The predicted molar refractivity (Wildman–Crippen MR) is 96.0 cm³/mol. The molecule has 0 aliphatic rings. The third-order valence-electron chi connectivity index (χ3n) is 3.28. The lowest BCUT2D eigenvalue weighted by atomic mass is 10.2. The summed E-state index contributed by atoms with van der Waals surface area (Å²) in [5.74, 6) is -1.10. The Morgan fingerprint density at radius 3 is 2.42 bits per heavy atom. The highest BCUT2D eigenvalue weighted by molar-refractivity contribution is 6.44. The van der Waals surface area contributed by atoms with Crippen LogP contribution in [0.15, 0.2) is 42.5 Å². The van der Waals surface area contributed by atoms with Crippen LogP contribution in [-0.2, 0) is 9.53 Å². The number of hydrogen-bond acceptors (Lipinski definition) is 4. The van der Waals surface area contributed by atoms with Gasteiger partial charge in [0, 0.05) is 12.7 Å². The summed E-state index contributed by atoms with van der Waals surface area (Å²) >= 11 is 11.9. The van der Waals surface area contributed by atoms with Crippen molar-refractivity contribution in [1.82, 2.24) is 0 Å². The van der Waals surface area contributed by atoms with Gasteiger partial charge >= 0.3 is 5.97 Å². The Morgan fingerprint density at radius 2 is 1.71 bits per heavy atom. The summed E-state index contributed by atoms with van der Waals surface area (Å²) in [7, 11) is 1.70. The first kappa shape index (κ1) is 18.1. The van der Waals surface area contributed by atoms with E-state index in [1.807, 2.05) is 0 Å². The molecule has 7 heteroatoms. The zero-order valence-electron chi connectivity index (χ0n) is 13.1. The Bertz CT molecular complexity index is 765. The second kappa shape index (κ2) is 8.04. The normalized spacial score (nSPS) is 11.5. The molecule has 0 aromatic heterocycles. The minimum absolute atomic E-state index is 0.228. The van der Waals surface area contributed by atoms with Crippen molar-refractivity contribution < 1.29 is 14.3 Å². The fraction of sp³-hybridized carbons (Fsp3) is 0.176. The van der Waals surface area contributed by atoms with Gasteiger partial charge in [0.25, 0.3) is 5.91 Å². The van der Waals surface area contributed by atoms with Gasteiger partial charge in [0.05, 0.1) is 21.3 Å². The highest BCUT2D eigenvalue weighted by atomic mass is 35.5. The highest BCUT2D eigenvalue weighted by Crippen LogP contribution is 2.29. The average molecular weight is 367 g/mol. The standard InChI is InChI=1S/C17H16Cl2N2O3/c1-10(16(22)21-14-9-5-7-12(18)15(14)19)24-17(23)11-6-3-4-8-13(11)20-2/h3-10,20H,1-2H3,(H,21,22)/t10-/m1/s1. The molecule has 1 atom stereocenters. The van der Waals surface area contributed by atoms with E-state index < -0.39 is 18.0 Å². The quantitative estimate of drug-likeness (QED) is 0.777. The number of rotatable bonds is 5. The molecule has 0 saturated carbocycles. The number of halogens is 2. The smallest absolute Gasteiger partial charge is 0.341 e. The van der Waals surface area contributed by atoms with Crippen molar-refractivity contribution in [2.75, 3.05) is 17.7 Å². The van der Waals surface area contributed by atoms with E-state index in [9.17, 15) is 9.59 Å². The molecule has 5 nitrogen and oxygen atoms in total. The molecule has 0 aliphatic heterocycles. The second-order valence-electron chi connectivity index (χ2n) is 4.93. The van der Waals surface area contributed by atoms with Crippen LogP contribution >= 0.6 is 23.2 Å². The first-order valence-corrected chi connectivity index (χ1v) is 7.92. The van der Waals surface area contributed by atoms with Crippen LogP contribution < -0.4 is 10.6 Å². The van der Waals surface area contributed by atoms with Crippen molar-refractivity contribution >= 4 is 46.5 Å². The molecule has 0 radical (unpaired) electrons. The summed E-state index contributed by atoms with van der Waals surface area (Å²) in [5.41, 5.74) is 1.32. The predicted octanol–water partition coefficient (Wildman–Crippen LogP) is 4.22. The molecule has 126 valence electrons. The van der Waals surface area contributed by atoms with Crippen LogP contribution in [0.3, 0.4) is 0 Å². The fourth-order valence-electron chi connectivity index (χ4n) is 1.99. The number of nitrogens with one attached hydrogen (secondary N) is 2. The number of benzene rings is 2. The summed E-state index contributed by atoms with van der Waals surface area (Å²) in [6, 6.07) is 11.7. The van der Waals surface area contributed by atoms with E-state index >= 15 is 0 Å². The average Bonchev–Trinajstić information content (AvgIpc) is 2.58. The zero-order chi connectivity index (χ0) is 17.7. The molecule has 2 aromatic carbocycles. The van der Waals surface area contributed by atoms with Gasteiger partial charge in [-0.05, 0) is 31.2 Å². The Labute approximate surface area is 149 Å². The number of anilines is 2. The van der Waals surface area contributed by atoms with Crippen LogP contribution in [0.1, 0.15) is 17.3 Å². The van der Waals surface area contributed by atoms with Crippen LogP contribution in [-0.4, -0.2) is 25.0 Å². The maximum Gasteiger partial charge on any atom is 0.341 e. The number of ether oxygens (including phenoxy) is 1. The van der Waals surface area contributed by atoms with Crippen molar-refractivity contribution in [3.8, 4) is 0 Å².